The molecule has 0 radical (unpaired) electrons. The third-order valence-electron chi connectivity index (χ3n) is 5.60. The summed E-state index contributed by atoms with van der Waals surface area (Å²) >= 11 is 0. The number of aromatic nitrogens is 2. The minimum absolute atomic E-state index is 0.0974. The zero-order valence-electron chi connectivity index (χ0n) is 17.9. The van der Waals surface area contributed by atoms with E-state index in [0.717, 1.165) is 5.56 Å². The van der Waals surface area contributed by atoms with Crippen molar-refractivity contribution in [1.29, 1.82) is 0 Å². The molecule has 0 spiro atoms. The summed E-state index contributed by atoms with van der Waals surface area (Å²) in [7, 11) is 0. The number of nitrogens with zero attached hydrogens (tertiary/aromatic N) is 2. The summed E-state index contributed by atoms with van der Waals surface area (Å²) in [6.45, 7) is 1.99. The lowest BCUT2D eigenvalue weighted by Crippen LogP contribution is -2.42. The number of amides is 2. The number of hydrogen-bond acceptors (Lipinski definition) is 5. The smallest absolute Gasteiger partial charge is 0.254 e. The Labute approximate surface area is 189 Å². The van der Waals surface area contributed by atoms with Gasteiger partial charge in [-0.15, -0.1) is 0 Å². The van der Waals surface area contributed by atoms with Crippen molar-refractivity contribution in [2.45, 2.75) is 31.7 Å². The van der Waals surface area contributed by atoms with Gasteiger partial charge in [0.2, 0.25) is 5.91 Å². The summed E-state index contributed by atoms with van der Waals surface area (Å²) in [5.41, 5.74) is 8.09. The lowest BCUT2D eigenvalue weighted by atomic mass is 9.90. The van der Waals surface area contributed by atoms with E-state index in [-0.39, 0.29) is 36.2 Å². The zero-order chi connectivity index (χ0) is 23.5. The minimum atomic E-state index is -0.693. The Morgan fingerprint density at radius 3 is 2.82 bits per heavy atom. The number of carbonyl (C=O) groups is 2. The second kappa shape index (κ2) is 9.41. The van der Waals surface area contributed by atoms with Crippen LogP contribution in [0.3, 0.4) is 0 Å². The van der Waals surface area contributed by atoms with Crippen molar-refractivity contribution in [3.8, 4) is 11.3 Å². The first-order chi connectivity index (χ1) is 15.9. The van der Waals surface area contributed by atoms with Crippen LogP contribution in [0.4, 0.5) is 14.6 Å². The van der Waals surface area contributed by atoms with Gasteiger partial charge in [-0.1, -0.05) is 19.1 Å². The summed E-state index contributed by atoms with van der Waals surface area (Å²) < 4.78 is 28.1. The fourth-order valence-electron chi connectivity index (χ4n) is 4.01. The van der Waals surface area contributed by atoms with E-state index in [1.54, 1.807) is 12.1 Å². The second-order valence-corrected chi connectivity index (χ2v) is 8.07. The zero-order valence-corrected chi connectivity index (χ0v) is 17.9. The molecule has 2 amide bonds. The van der Waals surface area contributed by atoms with Crippen LogP contribution in [0.2, 0.25) is 0 Å². The van der Waals surface area contributed by atoms with Gasteiger partial charge in [0.1, 0.15) is 23.8 Å². The molecule has 2 atom stereocenters. The SMILES string of the molecule is C[C@@H]1CC(=O)Nc2ncnc(-c3ccc(F)c(C(=O)NC(CN)Cc4cccc(F)c4)c3)c21. The van der Waals surface area contributed by atoms with Crippen LogP contribution in [0.5, 0.6) is 0 Å². The molecule has 9 heteroatoms. The highest BCUT2D eigenvalue weighted by Crippen LogP contribution is 2.37. The van der Waals surface area contributed by atoms with Crippen molar-refractivity contribution in [2.24, 2.45) is 5.73 Å². The van der Waals surface area contributed by atoms with Crippen LogP contribution in [-0.4, -0.2) is 34.4 Å². The van der Waals surface area contributed by atoms with Crippen LogP contribution in [0.15, 0.2) is 48.8 Å². The molecule has 33 heavy (non-hydrogen) atoms. The summed E-state index contributed by atoms with van der Waals surface area (Å²) in [6, 6.07) is 9.66. The lowest BCUT2D eigenvalue weighted by Gasteiger charge is -2.24. The van der Waals surface area contributed by atoms with Crippen LogP contribution >= 0.6 is 0 Å². The first-order valence-electron chi connectivity index (χ1n) is 10.6. The number of halogens is 2. The van der Waals surface area contributed by atoms with Gasteiger partial charge in [-0.2, -0.15) is 0 Å². The van der Waals surface area contributed by atoms with Crippen molar-refractivity contribution in [3.05, 3.63) is 77.1 Å². The third-order valence-corrected chi connectivity index (χ3v) is 5.60. The van der Waals surface area contributed by atoms with E-state index < -0.39 is 17.8 Å². The number of fused-ring (bicyclic) bond motifs is 1. The lowest BCUT2D eigenvalue weighted by molar-refractivity contribution is -0.116. The van der Waals surface area contributed by atoms with E-state index in [1.807, 2.05) is 6.92 Å². The first kappa shape index (κ1) is 22.5. The largest absolute Gasteiger partial charge is 0.348 e. The first-order valence-corrected chi connectivity index (χ1v) is 10.6. The molecule has 0 saturated heterocycles. The highest BCUT2D eigenvalue weighted by atomic mass is 19.1. The monoisotopic (exact) mass is 451 g/mol. The molecule has 3 aromatic rings. The quantitative estimate of drug-likeness (QED) is 0.533. The Bertz CT molecular complexity index is 1220. The molecule has 7 nitrogen and oxygen atoms in total. The number of benzene rings is 2. The van der Waals surface area contributed by atoms with Crippen LogP contribution in [0.25, 0.3) is 11.3 Å². The van der Waals surface area contributed by atoms with Crippen LogP contribution in [0.1, 0.15) is 40.7 Å². The molecule has 1 unspecified atom stereocenters. The fraction of sp³-hybridized carbons (Fsp3) is 0.250. The van der Waals surface area contributed by atoms with Gasteiger partial charge in [-0.3, -0.25) is 9.59 Å². The number of anilines is 1. The summed E-state index contributed by atoms with van der Waals surface area (Å²) in [5, 5.41) is 5.46. The van der Waals surface area contributed by atoms with E-state index in [1.165, 1.54) is 36.7 Å². The van der Waals surface area contributed by atoms with Crippen LogP contribution in [-0.2, 0) is 11.2 Å². The topological polar surface area (TPSA) is 110 Å². The van der Waals surface area contributed by atoms with E-state index in [9.17, 15) is 18.4 Å². The van der Waals surface area contributed by atoms with Crippen molar-refractivity contribution in [1.82, 2.24) is 15.3 Å². The van der Waals surface area contributed by atoms with Gasteiger partial charge in [0, 0.05) is 30.1 Å². The highest BCUT2D eigenvalue weighted by molar-refractivity contribution is 5.97. The minimum Gasteiger partial charge on any atom is -0.348 e. The second-order valence-electron chi connectivity index (χ2n) is 8.07. The van der Waals surface area contributed by atoms with Gasteiger partial charge in [0.15, 0.2) is 0 Å². The average molecular weight is 451 g/mol. The van der Waals surface area contributed by atoms with E-state index in [2.05, 4.69) is 20.6 Å². The molecule has 2 aromatic carbocycles. The Morgan fingerprint density at radius 1 is 1.24 bits per heavy atom. The molecule has 4 rings (SSSR count). The maximum atomic E-state index is 14.6. The molecule has 1 aromatic heterocycles. The van der Waals surface area contributed by atoms with Gasteiger partial charge in [-0.25, -0.2) is 18.7 Å². The number of rotatable bonds is 6. The Morgan fingerprint density at radius 2 is 2.06 bits per heavy atom. The van der Waals surface area contributed by atoms with E-state index in [0.29, 0.717) is 29.1 Å². The average Bonchev–Trinajstić information content (AvgIpc) is 2.78. The standard InChI is InChI=1S/C24H23F2N5O2/c1-13-7-20(32)31-23-21(13)22(28-12-29-23)15-5-6-19(26)18(10-15)24(33)30-17(11-27)9-14-3-2-4-16(25)8-14/h2-6,8,10,12-13,17H,7,9,11,27H2,1H3,(H,30,33)(H,28,29,31,32)/t13-,17?/m1/s1. The summed E-state index contributed by atoms with van der Waals surface area (Å²) in [4.78, 5) is 33.2. The number of nitrogens with two attached hydrogens (primary N) is 1. The molecule has 0 bridgehead atoms. The van der Waals surface area contributed by atoms with Gasteiger partial charge in [0.05, 0.1) is 11.3 Å². The van der Waals surface area contributed by atoms with Crippen LogP contribution < -0.4 is 16.4 Å². The summed E-state index contributed by atoms with van der Waals surface area (Å²) in [5.74, 6) is -1.57. The molecule has 1 aliphatic heterocycles. The predicted octanol–water partition coefficient (Wildman–Crippen LogP) is 3.17. The Hall–Kier alpha value is -3.72. The molecular formula is C24H23F2N5O2. The highest BCUT2D eigenvalue weighted by Gasteiger charge is 2.27. The molecule has 1 aliphatic rings. The fourth-order valence-corrected chi connectivity index (χ4v) is 4.01. The number of carbonyl (C=O) groups excluding carboxylic acids is 2. The number of nitrogens with one attached hydrogen (secondary N) is 2. The van der Waals surface area contributed by atoms with Crippen LogP contribution in [0, 0.1) is 11.6 Å². The van der Waals surface area contributed by atoms with E-state index in [4.69, 9.17) is 5.73 Å². The molecule has 170 valence electrons. The van der Waals surface area contributed by atoms with Gasteiger partial charge >= 0.3 is 0 Å². The van der Waals surface area contributed by atoms with E-state index >= 15 is 0 Å². The molecule has 4 N–H and O–H groups in total. The third kappa shape index (κ3) is 4.88. The normalized spacial score (nSPS) is 16.0. The Kier molecular flexibility index (Phi) is 6.41. The van der Waals surface area contributed by atoms with Crippen molar-refractivity contribution >= 4 is 17.6 Å². The molecule has 2 heterocycles. The number of hydrogen-bond donors (Lipinski definition) is 3. The molecule has 0 saturated carbocycles. The van der Waals surface area contributed by atoms with Gasteiger partial charge < -0.3 is 16.4 Å². The van der Waals surface area contributed by atoms with Crippen molar-refractivity contribution in [3.63, 3.8) is 0 Å². The molecular weight excluding hydrogens is 428 g/mol. The van der Waals surface area contributed by atoms with Crippen molar-refractivity contribution in [2.75, 3.05) is 11.9 Å². The Balaban J connectivity index is 1.61. The molecule has 0 aliphatic carbocycles. The predicted molar refractivity (Wildman–Crippen MR) is 120 cm³/mol. The van der Waals surface area contributed by atoms with Crippen molar-refractivity contribution < 1.29 is 18.4 Å². The maximum Gasteiger partial charge on any atom is 0.254 e. The molecule has 0 fully saturated rings. The maximum absolute atomic E-state index is 14.6. The summed E-state index contributed by atoms with van der Waals surface area (Å²) in [6.07, 6.45) is 1.90. The van der Waals surface area contributed by atoms with Gasteiger partial charge in [-0.05, 0) is 48.2 Å². The van der Waals surface area contributed by atoms with Gasteiger partial charge in [0.25, 0.3) is 5.91 Å².